The van der Waals surface area contributed by atoms with Crippen LogP contribution in [0, 0.1) is 15.9 Å². The molecule has 0 aromatic heterocycles. The summed E-state index contributed by atoms with van der Waals surface area (Å²) in [6.45, 7) is 2.00. The average molecular weight is 290 g/mol. The topological polar surface area (TPSA) is 64.4 Å². The van der Waals surface area contributed by atoms with Gasteiger partial charge in [0.2, 0.25) is 5.82 Å². The van der Waals surface area contributed by atoms with Crippen molar-refractivity contribution in [3.05, 3.63) is 64.0 Å². The van der Waals surface area contributed by atoms with Crippen molar-refractivity contribution < 1.29 is 14.1 Å². The van der Waals surface area contributed by atoms with Crippen molar-refractivity contribution in [1.29, 1.82) is 0 Å². The van der Waals surface area contributed by atoms with E-state index in [0.717, 1.165) is 17.7 Å². The summed E-state index contributed by atoms with van der Waals surface area (Å²) in [5.74, 6) is -0.160. The zero-order chi connectivity index (χ0) is 15.4. The van der Waals surface area contributed by atoms with Crippen LogP contribution in [0.1, 0.15) is 18.5 Å². The highest BCUT2D eigenvalue weighted by molar-refractivity contribution is 5.41. The van der Waals surface area contributed by atoms with E-state index in [9.17, 15) is 14.5 Å². The van der Waals surface area contributed by atoms with Crippen molar-refractivity contribution in [1.82, 2.24) is 5.32 Å². The molecule has 2 rings (SSSR count). The quantitative estimate of drug-likeness (QED) is 0.672. The molecule has 0 saturated heterocycles. The molecule has 1 atom stereocenters. The van der Waals surface area contributed by atoms with Crippen LogP contribution in [0.2, 0.25) is 0 Å². The van der Waals surface area contributed by atoms with Crippen LogP contribution in [0.25, 0.3) is 0 Å². The second-order valence-corrected chi connectivity index (χ2v) is 4.56. The maximum atomic E-state index is 13.5. The molecule has 2 aromatic carbocycles. The number of hydrogen-bond acceptors (Lipinski definition) is 4. The normalized spacial score (nSPS) is 12.0. The number of nitro benzene ring substituents is 1. The summed E-state index contributed by atoms with van der Waals surface area (Å²) in [6, 6.07) is 11.0. The number of rotatable bonds is 5. The van der Waals surface area contributed by atoms with Crippen LogP contribution in [-0.2, 0) is 0 Å². The van der Waals surface area contributed by atoms with Gasteiger partial charge < -0.3 is 10.1 Å². The van der Waals surface area contributed by atoms with Crippen LogP contribution in [-0.4, -0.2) is 12.0 Å². The minimum absolute atomic E-state index is 0.155. The second-order valence-electron chi connectivity index (χ2n) is 4.56. The number of hydrogen-bond donors (Lipinski definition) is 1. The minimum atomic E-state index is -0.919. The maximum Gasteiger partial charge on any atom is 0.305 e. The predicted molar refractivity (Wildman–Crippen MR) is 77.0 cm³/mol. The molecule has 110 valence electrons. The Kier molecular flexibility index (Phi) is 4.49. The third kappa shape index (κ3) is 3.55. The molecule has 0 aliphatic rings. The Morgan fingerprint density at radius 1 is 1.24 bits per heavy atom. The van der Waals surface area contributed by atoms with Gasteiger partial charge in [0.05, 0.1) is 4.92 Å². The van der Waals surface area contributed by atoms with E-state index in [1.807, 2.05) is 32.2 Å². The molecule has 2 aromatic rings. The van der Waals surface area contributed by atoms with Gasteiger partial charge in [-0.1, -0.05) is 12.1 Å². The van der Waals surface area contributed by atoms with E-state index in [1.165, 1.54) is 6.07 Å². The van der Waals surface area contributed by atoms with Crippen LogP contribution in [0.3, 0.4) is 0 Å². The molecule has 0 heterocycles. The van der Waals surface area contributed by atoms with Crippen molar-refractivity contribution in [2.75, 3.05) is 7.05 Å². The number of nitrogens with one attached hydrogen (secondary N) is 1. The van der Waals surface area contributed by atoms with Crippen molar-refractivity contribution in [2.45, 2.75) is 13.0 Å². The third-order valence-corrected chi connectivity index (χ3v) is 3.14. The first-order valence-electron chi connectivity index (χ1n) is 6.40. The third-order valence-electron chi connectivity index (χ3n) is 3.14. The smallest absolute Gasteiger partial charge is 0.305 e. The van der Waals surface area contributed by atoms with Gasteiger partial charge in [0.25, 0.3) is 0 Å². The van der Waals surface area contributed by atoms with Crippen LogP contribution in [0.4, 0.5) is 10.1 Å². The van der Waals surface area contributed by atoms with Gasteiger partial charge in [0, 0.05) is 18.2 Å². The Labute approximate surface area is 121 Å². The molecule has 1 unspecified atom stereocenters. The van der Waals surface area contributed by atoms with Gasteiger partial charge in [-0.15, -0.1) is 0 Å². The van der Waals surface area contributed by atoms with Crippen LogP contribution >= 0.6 is 0 Å². The number of benzene rings is 2. The predicted octanol–water partition coefficient (Wildman–Crippen LogP) is 3.81. The molecule has 21 heavy (non-hydrogen) atoms. The lowest BCUT2D eigenvalue weighted by Gasteiger charge is -2.12. The van der Waals surface area contributed by atoms with E-state index in [0.29, 0.717) is 5.75 Å². The van der Waals surface area contributed by atoms with E-state index in [1.54, 1.807) is 6.07 Å². The van der Waals surface area contributed by atoms with Gasteiger partial charge in [-0.2, -0.15) is 4.39 Å². The molecular formula is C15H15FN2O3. The number of nitrogens with zero attached hydrogens (tertiary/aromatic N) is 1. The highest BCUT2D eigenvalue weighted by atomic mass is 19.1. The SMILES string of the molecule is CNC(C)c1cccc(Oc2ccc([N+](=O)[O-])c(F)c2)c1. The van der Waals surface area contributed by atoms with E-state index in [4.69, 9.17) is 4.74 Å². The summed E-state index contributed by atoms with van der Waals surface area (Å²) in [7, 11) is 1.85. The molecule has 6 heteroatoms. The Bertz CT molecular complexity index is 661. The number of ether oxygens (including phenoxy) is 1. The Hall–Kier alpha value is -2.47. The average Bonchev–Trinajstić information content (AvgIpc) is 2.46. The standard InChI is InChI=1S/C15H15FN2O3/c1-10(17-2)11-4-3-5-12(8-11)21-13-6-7-15(18(19)20)14(16)9-13/h3-10,17H,1-2H3. The van der Waals surface area contributed by atoms with Gasteiger partial charge in [-0.3, -0.25) is 10.1 Å². The van der Waals surface area contributed by atoms with Crippen LogP contribution in [0.5, 0.6) is 11.5 Å². The Morgan fingerprint density at radius 2 is 1.95 bits per heavy atom. The summed E-state index contributed by atoms with van der Waals surface area (Å²) in [5.41, 5.74) is 0.456. The lowest BCUT2D eigenvalue weighted by atomic mass is 10.1. The van der Waals surface area contributed by atoms with Gasteiger partial charge in [-0.05, 0) is 37.7 Å². The summed E-state index contributed by atoms with van der Waals surface area (Å²) in [5, 5.41) is 13.7. The summed E-state index contributed by atoms with van der Waals surface area (Å²) >= 11 is 0. The molecule has 0 aliphatic heterocycles. The summed E-state index contributed by atoms with van der Waals surface area (Å²) in [4.78, 5) is 9.79. The monoisotopic (exact) mass is 290 g/mol. The maximum absolute atomic E-state index is 13.5. The lowest BCUT2D eigenvalue weighted by Crippen LogP contribution is -2.12. The molecule has 0 saturated carbocycles. The van der Waals surface area contributed by atoms with E-state index in [-0.39, 0.29) is 11.8 Å². The first-order valence-corrected chi connectivity index (χ1v) is 6.40. The van der Waals surface area contributed by atoms with E-state index < -0.39 is 16.4 Å². The fourth-order valence-corrected chi connectivity index (χ4v) is 1.85. The molecule has 0 amide bonds. The van der Waals surface area contributed by atoms with Gasteiger partial charge in [0.15, 0.2) is 0 Å². The second kappa shape index (κ2) is 6.32. The lowest BCUT2D eigenvalue weighted by molar-refractivity contribution is -0.387. The largest absolute Gasteiger partial charge is 0.457 e. The molecule has 0 spiro atoms. The van der Waals surface area contributed by atoms with Crippen LogP contribution in [0.15, 0.2) is 42.5 Å². The highest BCUT2D eigenvalue weighted by Crippen LogP contribution is 2.28. The molecular weight excluding hydrogens is 275 g/mol. The number of halogens is 1. The molecule has 0 radical (unpaired) electrons. The van der Waals surface area contributed by atoms with Crippen molar-refractivity contribution in [2.24, 2.45) is 0 Å². The fraction of sp³-hybridized carbons (Fsp3) is 0.200. The van der Waals surface area contributed by atoms with Gasteiger partial charge >= 0.3 is 5.69 Å². The molecule has 0 fully saturated rings. The molecule has 0 bridgehead atoms. The Balaban J connectivity index is 2.22. The first kappa shape index (κ1) is 14.9. The summed E-state index contributed by atoms with van der Waals surface area (Å²) < 4.78 is 19.1. The number of nitro groups is 1. The van der Waals surface area contributed by atoms with Crippen molar-refractivity contribution >= 4 is 5.69 Å². The van der Waals surface area contributed by atoms with Gasteiger partial charge in [-0.25, -0.2) is 0 Å². The zero-order valence-corrected chi connectivity index (χ0v) is 11.7. The van der Waals surface area contributed by atoms with Crippen molar-refractivity contribution in [3.8, 4) is 11.5 Å². The molecule has 5 nitrogen and oxygen atoms in total. The molecule has 0 aliphatic carbocycles. The van der Waals surface area contributed by atoms with Gasteiger partial charge in [0.1, 0.15) is 11.5 Å². The van der Waals surface area contributed by atoms with E-state index in [2.05, 4.69) is 5.32 Å². The Morgan fingerprint density at radius 3 is 2.57 bits per heavy atom. The van der Waals surface area contributed by atoms with Crippen molar-refractivity contribution in [3.63, 3.8) is 0 Å². The van der Waals surface area contributed by atoms with E-state index >= 15 is 0 Å². The first-order chi connectivity index (χ1) is 10.0. The summed E-state index contributed by atoms with van der Waals surface area (Å²) in [6.07, 6.45) is 0. The fourth-order valence-electron chi connectivity index (χ4n) is 1.85. The zero-order valence-electron chi connectivity index (χ0n) is 11.7. The molecule has 1 N–H and O–H groups in total. The minimum Gasteiger partial charge on any atom is -0.457 e. The van der Waals surface area contributed by atoms with Crippen LogP contribution < -0.4 is 10.1 Å². The highest BCUT2D eigenvalue weighted by Gasteiger charge is 2.14.